The molecule has 2 N–H and O–H groups in total. The minimum Gasteiger partial charge on any atom is -0.350 e. The number of aromatic nitrogens is 2. The van der Waals surface area contributed by atoms with E-state index in [0.29, 0.717) is 23.4 Å². The lowest BCUT2D eigenvalue weighted by Crippen LogP contribution is -2.29. The van der Waals surface area contributed by atoms with E-state index in [2.05, 4.69) is 15.7 Å². The van der Waals surface area contributed by atoms with E-state index in [9.17, 15) is 22.8 Å². The van der Waals surface area contributed by atoms with Crippen LogP contribution in [-0.4, -0.2) is 21.6 Å². The smallest absolute Gasteiger partial charge is 0.259 e. The molecule has 0 spiro atoms. The van der Waals surface area contributed by atoms with Crippen molar-refractivity contribution >= 4 is 29.4 Å². The molecular weight excluding hydrogens is 429 g/mol. The average Bonchev–Trinajstić information content (AvgIpc) is 3.30. The second-order valence-electron chi connectivity index (χ2n) is 6.91. The van der Waals surface area contributed by atoms with Crippen molar-refractivity contribution in [2.75, 3.05) is 5.32 Å². The number of benzene rings is 2. The first-order valence-corrected chi connectivity index (χ1v) is 10.5. The maximum Gasteiger partial charge on any atom is 0.259 e. The van der Waals surface area contributed by atoms with Gasteiger partial charge < -0.3 is 10.6 Å². The van der Waals surface area contributed by atoms with E-state index in [1.54, 1.807) is 23.9 Å². The van der Waals surface area contributed by atoms with Crippen molar-refractivity contribution in [3.8, 4) is 0 Å². The summed E-state index contributed by atoms with van der Waals surface area (Å²) in [7, 11) is 0. The predicted molar refractivity (Wildman–Crippen MR) is 110 cm³/mol. The Labute approximate surface area is 179 Å². The molecule has 10 heteroatoms. The maximum absolute atomic E-state index is 14.0. The molecule has 1 aliphatic heterocycles. The summed E-state index contributed by atoms with van der Waals surface area (Å²) in [6.07, 6.45) is 0. The third-order valence-corrected chi connectivity index (χ3v) is 5.69. The van der Waals surface area contributed by atoms with Crippen LogP contribution in [0, 0.1) is 17.5 Å². The largest absolute Gasteiger partial charge is 0.350 e. The number of anilines is 1. The lowest BCUT2D eigenvalue weighted by Gasteiger charge is -2.12. The molecule has 31 heavy (non-hydrogen) atoms. The Kier molecular flexibility index (Phi) is 5.99. The van der Waals surface area contributed by atoms with Crippen molar-refractivity contribution in [3.05, 3.63) is 82.3 Å². The van der Waals surface area contributed by atoms with E-state index in [1.807, 2.05) is 0 Å². The topological polar surface area (TPSA) is 76.0 Å². The first-order valence-electron chi connectivity index (χ1n) is 9.34. The zero-order valence-corrected chi connectivity index (χ0v) is 16.9. The zero-order valence-electron chi connectivity index (χ0n) is 16.1. The molecule has 0 saturated carbocycles. The quantitative estimate of drug-likeness (QED) is 0.607. The van der Waals surface area contributed by atoms with Crippen LogP contribution in [0.25, 0.3) is 0 Å². The van der Waals surface area contributed by atoms with Crippen molar-refractivity contribution in [1.29, 1.82) is 0 Å². The van der Waals surface area contributed by atoms with Gasteiger partial charge in [0.25, 0.3) is 5.91 Å². The fraction of sp³-hybridized carbons (Fsp3) is 0.190. The molecule has 0 unspecified atom stereocenters. The fourth-order valence-electron chi connectivity index (χ4n) is 3.16. The molecule has 3 aromatic rings. The Bertz CT molecular complexity index is 1150. The SMILES string of the molecule is O=C(Cn1nc2c(c1NC(=O)c1ccc(F)cc1F)CSC2)NCc1ccc(F)cc1. The Morgan fingerprint density at radius 2 is 1.77 bits per heavy atom. The summed E-state index contributed by atoms with van der Waals surface area (Å²) in [6.45, 7) is 0.0405. The van der Waals surface area contributed by atoms with Gasteiger partial charge in [0.05, 0.1) is 11.3 Å². The fourth-order valence-corrected chi connectivity index (χ4v) is 4.20. The summed E-state index contributed by atoms with van der Waals surface area (Å²) in [6, 6.07) is 8.44. The van der Waals surface area contributed by atoms with E-state index in [0.717, 1.165) is 29.0 Å². The maximum atomic E-state index is 14.0. The minimum absolute atomic E-state index is 0.166. The Morgan fingerprint density at radius 1 is 1.03 bits per heavy atom. The highest BCUT2D eigenvalue weighted by Gasteiger charge is 2.26. The second-order valence-corrected chi connectivity index (χ2v) is 7.89. The molecule has 2 amide bonds. The van der Waals surface area contributed by atoms with Crippen LogP contribution in [-0.2, 0) is 29.4 Å². The van der Waals surface area contributed by atoms with E-state index in [1.165, 1.54) is 16.8 Å². The van der Waals surface area contributed by atoms with Gasteiger partial charge in [0.2, 0.25) is 5.91 Å². The molecule has 0 atom stereocenters. The van der Waals surface area contributed by atoms with Gasteiger partial charge in [0.15, 0.2) is 0 Å². The standard InChI is InChI=1S/C21H17F3N4O2S/c22-13-3-1-12(2-4-13)8-25-19(29)9-28-20(16-10-31-11-18(16)27-28)26-21(30)15-6-5-14(23)7-17(15)24/h1-7H,8-11H2,(H,25,29)(H,26,30). The molecule has 0 radical (unpaired) electrons. The van der Waals surface area contributed by atoms with Crippen LogP contribution in [0.3, 0.4) is 0 Å². The van der Waals surface area contributed by atoms with Crippen LogP contribution >= 0.6 is 11.8 Å². The molecule has 0 aliphatic carbocycles. The highest BCUT2D eigenvalue weighted by atomic mass is 32.2. The van der Waals surface area contributed by atoms with Gasteiger partial charge in [-0.2, -0.15) is 16.9 Å². The number of rotatable bonds is 6. The summed E-state index contributed by atoms with van der Waals surface area (Å²) >= 11 is 1.61. The number of hydrogen-bond acceptors (Lipinski definition) is 4. The number of carbonyl (C=O) groups excluding carboxylic acids is 2. The normalized spacial score (nSPS) is 12.5. The molecule has 6 nitrogen and oxygen atoms in total. The minimum atomic E-state index is -0.980. The molecule has 1 aliphatic rings. The van der Waals surface area contributed by atoms with Crippen LogP contribution in [0.5, 0.6) is 0 Å². The van der Waals surface area contributed by atoms with Crippen molar-refractivity contribution in [2.24, 2.45) is 0 Å². The summed E-state index contributed by atoms with van der Waals surface area (Å²) in [5.74, 6) is -1.71. The summed E-state index contributed by atoms with van der Waals surface area (Å²) in [5, 5.41) is 9.73. The number of nitrogens with one attached hydrogen (secondary N) is 2. The monoisotopic (exact) mass is 446 g/mol. The van der Waals surface area contributed by atoms with Crippen molar-refractivity contribution in [1.82, 2.24) is 15.1 Å². The van der Waals surface area contributed by atoms with Crippen LogP contribution in [0.15, 0.2) is 42.5 Å². The van der Waals surface area contributed by atoms with Gasteiger partial charge in [-0.05, 0) is 29.8 Å². The molecule has 1 aromatic heterocycles. The van der Waals surface area contributed by atoms with E-state index < -0.39 is 17.5 Å². The number of carbonyl (C=O) groups is 2. The highest BCUT2D eigenvalue weighted by molar-refractivity contribution is 7.98. The van der Waals surface area contributed by atoms with Crippen LogP contribution in [0.1, 0.15) is 27.2 Å². The first-order chi connectivity index (χ1) is 14.9. The molecular formula is C21H17F3N4O2S. The predicted octanol–water partition coefficient (Wildman–Crippen LogP) is 3.62. The number of hydrogen-bond donors (Lipinski definition) is 2. The average molecular weight is 446 g/mol. The van der Waals surface area contributed by atoms with Gasteiger partial charge in [0.1, 0.15) is 29.8 Å². The zero-order chi connectivity index (χ0) is 22.0. The first kappa shape index (κ1) is 21.0. The van der Waals surface area contributed by atoms with Crippen molar-refractivity contribution in [3.63, 3.8) is 0 Å². The second kappa shape index (κ2) is 8.84. The van der Waals surface area contributed by atoms with E-state index in [-0.39, 0.29) is 30.4 Å². The summed E-state index contributed by atoms with van der Waals surface area (Å²) < 4.78 is 41.5. The summed E-state index contributed by atoms with van der Waals surface area (Å²) in [4.78, 5) is 25.0. The number of nitrogens with zero attached hydrogens (tertiary/aromatic N) is 2. The van der Waals surface area contributed by atoms with Crippen LogP contribution in [0.4, 0.5) is 19.0 Å². The lowest BCUT2D eigenvalue weighted by atomic mass is 10.2. The number of amides is 2. The third-order valence-electron chi connectivity index (χ3n) is 4.72. The van der Waals surface area contributed by atoms with Gasteiger partial charge >= 0.3 is 0 Å². The van der Waals surface area contributed by atoms with Gasteiger partial charge in [0, 0.05) is 29.7 Å². The van der Waals surface area contributed by atoms with Crippen LogP contribution < -0.4 is 10.6 Å². The molecule has 4 rings (SSSR count). The molecule has 0 saturated heterocycles. The molecule has 0 bridgehead atoms. The van der Waals surface area contributed by atoms with Crippen molar-refractivity contribution in [2.45, 2.75) is 24.6 Å². The van der Waals surface area contributed by atoms with Gasteiger partial charge in [-0.25, -0.2) is 17.9 Å². The number of halogens is 3. The Balaban J connectivity index is 1.49. The number of fused-ring (bicyclic) bond motifs is 1. The third kappa shape index (κ3) is 4.74. The Morgan fingerprint density at radius 3 is 2.52 bits per heavy atom. The molecule has 2 aromatic carbocycles. The van der Waals surface area contributed by atoms with Crippen molar-refractivity contribution < 1.29 is 22.8 Å². The van der Waals surface area contributed by atoms with Gasteiger partial charge in [-0.1, -0.05) is 12.1 Å². The van der Waals surface area contributed by atoms with Crippen LogP contribution in [0.2, 0.25) is 0 Å². The number of thioether (sulfide) groups is 1. The lowest BCUT2D eigenvalue weighted by molar-refractivity contribution is -0.122. The Hall–Kier alpha value is -3.27. The highest BCUT2D eigenvalue weighted by Crippen LogP contribution is 2.35. The summed E-state index contributed by atoms with van der Waals surface area (Å²) in [5.41, 5.74) is 1.93. The van der Waals surface area contributed by atoms with Gasteiger partial charge in [-0.3, -0.25) is 9.59 Å². The molecule has 0 fully saturated rings. The van der Waals surface area contributed by atoms with Gasteiger partial charge in [-0.15, -0.1) is 0 Å². The van der Waals surface area contributed by atoms with E-state index in [4.69, 9.17) is 0 Å². The van der Waals surface area contributed by atoms with E-state index >= 15 is 0 Å². The molecule has 2 heterocycles. The molecule has 160 valence electrons.